The Morgan fingerprint density at radius 1 is 1.45 bits per heavy atom. The number of fused-ring (bicyclic) bond motifs is 1. The number of benzene rings is 1. The molecule has 0 amide bonds. The van der Waals surface area contributed by atoms with Crippen molar-refractivity contribution >= 4 is 5.69 Å². The van der Waals surface area contributed by atoms with Crippen LogP contribution in [0.2, 0.25) is 0 Å². The number of aryl methyl sites for hydroxylation is 3. The molecule has 2 atom stereocenters. The fraction of sp³-hybridized carbons (Fsp3) is 0.438. The molecule has 0 fully saturated rings. The maximum Gasteiger partial charge on any atom is 0.102 e. The summed E-state index contributed by atoms with van der Waals surface area (Å²) in [5, 5.41) is 18.6. The first kappa shape index (κ1) is 13.2. The van der Waals surface area contributed by atoms with Gasteiger partial charge in [-0.05, 0) is 30.9 Å². The molecule has 0 aliphatic carbocycles. The minimum Gasteiger partial charge on any atom is -0.386 e. The maximum atomic E-state index is 10.7. The lowest BCUT2D eigenvalue weighted by Gasteiger charge is -2.30. The van der Waals surface area contributed by atoms with Gasteiger partial charge in [0.15, 0.2) is 0 Å². The summed E-state index contributed by atoms with van der Waals surface area (Å²) in [5.74, 6) is 0. The van der Waals surface area contributed by atoms with Crippen LogP contribution in [0, 0.1) is 0 Å². The topological polar surface area (TPSA) is 50.1 Å². The number of anilines is 1. The molecule has 0 bridgehead atoms. The van der Waals surface area contributed by atoms with E-state index in [1.165, 1.54) is 5.56 Å². The van der Waals surface area contributed by atoms with Crippen LogP contribution >= 0.6 is 0 Å². The number of hydrogen-bond donors (Lipinski definition) is 2. The highest BCUT2D eigenvalue weighted by Gasteiger charge is 2.27. The fourth-order valence-electron chi connectivity index (χ4n) is 2.99. The van der Waals surface area contributed by atoms with E-state index in [-0.39, 0.29) is 6.04 Å². The van der Waals surface area contributed by atoms with Gasteiger partial charge in [-0.2, -0.15) is 5.10 Å². The van der Waals surface area contributed by atoms with Crippen molar-refractivity contribution in [3.05, 3.63) is 47.3 Å². The molecular formula is C16H21N3O. The van der Waals surface area contributed by atoms with Gasteiger partial charge in [-0.15, -0.1) is 0 Å². The molecule has 1 aromatic carbocycles. The van der Waals surface area contributed by atoms with E-state index in [1.54, 1.807) is 4.68 Å². The molecule has 1 aliphatic rings. The summed E-state index contributed by atoms with van der Waals surface area (Å²) < 4.78 is 1.79. The third-order valence-electron chi connectivity index (χ3n) is 4.06. The second-order valence-electron chi connectivity index (χ2n) is 5.45. The van der Waals surface area contributed by atoms with E-state index < -0.39 is 6.10 Å². The van der Waals surface area contributed by atoms with Crippen molar-refractivity contribution in [1.29, 1.82) is 0 Å². The Morgan fingerprint density at radius 2 is 2.25 bits per heavy atom. The zero-order valence-electron chi connectivity index (χ0n) is 12.0. The van der Waals surface area contributed by atoms with Crippen LogP contribution in [0.4, 0.5) is 5.69 Å². The number of aliphatic hydroxyl groups is 1. The SMILES string of the molecule is CCc1nn(C)cc1C(O)C1CCc2ccccc2N1. The monoisotopic (exact) mass is 271 g/mol. The lowest BCUT2D eigenvalue weighted by atomic mass is 9.91. The van der Waals surface area contributed by atoms with Crippen molar-refractivity contribution in [2.24, 2.45) is 7.05 Å². The molecule has 0 spiro atoms. The minimum atomic E-state index is -0.507. The van der Waals surface area contributed by atoms with Crippen LogP contribution in [-0.4, -0.2) is 20.9 Å². The molecule has 1 aliphatic heterocycles. The Balaban J connectivity index is 1.83. The van der Waals surface area contributed by atoms with Crippen LogP contribution < -0.4 is 5.32 Å². The van der Waals surface area contributed by atoms with E-state index in [0.29, 0.717) is 0 Å². The predicted octanol–water partition coefficient (Wildman–Crippen LogP) is 2.44. The molecular weight excluding hydrogens is 250 g/mol. The van der Waals surface area contributed by atoms with Gasteiger partial charge in [0.2, 0.25) is 0 Å². The van der Waals surface area contributed by atoms with Crippen molar-refractivity contribution in [3.8, 4) is 0 Å². The van der Waals surface area contributed by atoms with Crippen LogP contribution in [0.1, 0.15) is 36.3 Å². The molecule has 4 nitrogen and oxygen atoms in total. The van der Waals surface area contributed by atoms with E-state index in [4.69, 9.17) is 0 Å². The maximum absolute atomic E-state index is 10.7. The van der Waals surface area contributed by atoms with E-state index >= 15 is 0 Å². The first-order chi connectivity index (χ1) is 9.69. The lowest BCUT2D eigenvalue weighted by molar-refractivity contribution is 0.148. The highest BCUT2D eigenvalue weighted by molar-refractivity contribution is 5.54. The van der Waals surface area contributed by atoms with Crippen molar-refractivity contribution in [2.45, 2.75) is 38.3 Å². The van der Waals surface area contributed by atoms with Gasteiger partial charge in [-0.1, -0.05) is 25.1 Å². The predicted molar refractivity (Wildman–Crippen MR) is 79.7 cm³/mol. The number of nitrogens with zero attached hydrogens (tertiary/aromatic N) is 2. The van der Waals surface area contributed by atoms with Gasteiger partial charge in [0.1, 0.15) is 6.10 Å². The van der Waals surface area contributed by atoms with Crippen molar-refractivity contribution in [3.63, 3.8) is 0 Å². The highest BCUT2D eigenvalue weighted by Crippen LogP contribution is 2.31. The Hall–Kier alpha value is -1.81. The van der Waals surface area contributed by atoms with Gasteiger partial charge in [-0.25, -0.2) is 0 Å². The van der Waals surface area contributed by atoms with Crippen molar-refractivity contribution in [2.75, 3.05) is 5.32 Å². The largest absolute Gasteiger partial charge is 0.386 e. The van der Waals surface area contributed by atoms with Crippen LogP contribution in [0.25, 0.3) is 0 Å². The quantitative estimate of drug-likeness (QED) is 0.901. The number of aliphatic hydroxyl groups excluding tert-OH is 1. The normalized spacial score (nSPS) is 19.2. The molecule has 2 N–H and O–H groups in total. The smallest absolute Gasteiger partial charge is 0.102 e. The van der Waals surface area contributed by atoms with E-state index in [0.717, 1.165) is 36.2 Å². The summed E-state index contributed by atoms with van der Waals surface area (Å²) in [6.45, 7) is 2.07. The van der Waals surface area contributed by atoms with Gasteiger partial charge in [0.25, 0.3) is 0 Å². The van der Waals surface area contributed by atoms with Crippen LogP contribution in [0.3, 0.4) is 0 Å². The van der Waals surface area contributed by atoms with Gasteiger partial charge in [0.05, 0.1) is 11.7 Å². The van der Waals surface area contributed by atoms with Crippen molar-refractivity contribution < 1.29 is 5.11 Å². The summed E-state index contributed by atoms with van der Waals surface area (Å²) in [6, 6.07) is 8.37. The molecule has 2 heterocycles. The summed E-state index contributed by atoms with van der Waals surface area (Å²) in [6.07, 6.45) is 4.22. The molecule has 0 saturated heterocycles. The standard InChI is InChI=1S/C16H21N3O/c1-3-13-12(10-19(2)18-13)16(20)15-9-8-11-6-4-5-7-14(11)17-15/h4-7,10,15-17,20H,3,8-9H2,1-2H3. The molecule has 4 heteroatoms. The van der Waals surface area contributed by atoms with Gasteiger partial charge in [0, 0.05) is 24.5 Å². The summed E-state index contributed by atoms with van der Waals surface area (Å²) >= 11 is 0. The summed E-state index contributed by atoms with van der Waals surface area (Å²) in [5.41, 5.74) is 4.41. The Bertz CT molecular complexity index is 606. The molecule has 0 saturated carbocycles. The first-order valence-electron chi connectivity index (χ1n) is 7.24. The molecule has 2 unspecified atom stereocenters. The number of nitrogens with one attached hydrogen (secondary N) is 1. The second-order valence-corrected chi connectivity index (χ2v) is 5.45. The average molecular weight is 271 g/mol. The van der Waals surface area contributed by atoms with Gasteiger partial charge < -0.3 is 10.4 Å². The zero-order valence-corrected chi connectivity index (χ0v) is 12.0. The van der Waals surface area contributed by atoms with Crippen LogP contribution in [0.15, 0.2) is 30.5 Å². The highest BCUT2D eigenvalue weighted by atomic mass is 16.3. The number of hydrogen-bond acceptors (Lipinski definition) is 3. The third kappa shape index (κ3) is 2.31. The average Bonchev–Trinajstić information content (AvgIpc) is 2.87. The van der Waals surface area contributed by atoms with Gasteiger partial charge >= 0.3 is 0 Å². The summed E-state index contributed by atoms with van der Waals surface area (Å²) in [4.78, 5) is 0. The molecule has 106 valence electrons. The van der Waals surface area contributed by atoms with Crippen LogP contribution in [0.5, 0.6) is 0 Å². The Morgan fingerprint density at radius 3 is 3.05 bits per heavy atom. The Labute approximate surface area is 119 Å². The van der Waals surface area contributed by atoms with E-state index in [1.807, 2.05) is 19.3 Å². The third-order valence-corrected chi connectivity index (χ3v) is 4.06. The molecule has 1 aromatic heterocycles. The fourth-order valence-corrected chi connectivity index (χ4v) is 2.99. The second kappa shape index (κ2) is 5.29. The molecule has 0 radical (unpaired) electrons. The minimum absolute atomic E-state index is 0.0550. The summed E-state index contributed by atoms with van der Waals surface area (Å²) in [7, 11) is 1.90. The Kier molecular flexibility index (Phi) is 3.49. The van der Waals surface area contributed by atoms with E-state index in [9.17, 15) is 5.11 Å². The van der Waals surface area contributed by atoms with Gasteiger partial charge in [-0.3, -0.25) is 4.68 Å². The molecule has 2 aromatic rings. The van der Waals surface area contributed by atoms with Crippen molar-refractivity contribution in [1.82, 2.24) is 9.78 Å². The zero-order chi connectivity index (χ0) is 14.1. The number of rotatable bonds is 3. The molecule has 3 rings (SSSR count). The van der Waals surface area contributed by atoms with Crippen LogP contribution in [-0.2, 0) is 19.9 Å². The first-order valence-corrected chi connectivity index (χ1v) is 7.24. The van der Waals surface area contributed by atoms with E-state index in [2.05, 4.69) is 35.5 Å². The number of para-hydroxylation sites is 1. The number of aromatic nitrogens is 2. The lowest BCUT2D eigenvalue weighted by Crippen LogP contribution is -2.32. The molecule has 20 heavy (non-hydrogen) atoms.